The second kappa shape index (κ2) is 3.21. The van der Waals surface area contributed by atoms with Crippen LogP contribution in [0, 0.1) is 11.3 Å². The molecule has 0 aromatic carbocycles. The SMILES string of the molecule is N#Cc1ccc(-c2cccc3ncnn23)o1. The normalized spacial score (nSPS) is 10.4. The van der Waals surface area contributed by atoms with Crippen LogP contribution in [0.5, 0.6) is 0 Å². The predicted molar refractivity (Wildman–Crippen MR) is 55.4 cm³/mol. The fourth-order valence-electron chi connectivity index (χ4n) is 1.57. The van der Waals surface area contributed by atoms with Gasteiger partial charge in [-0.25, -0.2) is 9.50 Å². The summed E-state index contributed by atoms with van der Waals surface area (Å²) < 4.78 is 7.01. The molecule has 3 heterocycles. The van der Waals surface area contributed by atoms with E-state index in [9.17, 15) is 0 Å². The Morgan fingerprint density at radius 2 is 2.19 bits per heavy atom. The van der Waals surface area contributed by atoms with Gasteiger partial charge >= 0.3 is 0 Å². The quantitative estimate of drug-likeness (QED) is 0.614. The molecule has 0 bridgehead atoms. The lowest BCUT2D eigenvalue weighted by atomic mass is 10.3. The maximum atomic E-state index is 8.69. The molecule has 0 atom stereocenters. The van der Waals surface area contributed by atoms with Gasteiger partial charge in [-0.15, -0.1) is 0 Å². The zero-order valence-corrected chi connectivity index (χ0v) is 8.16. The highest BCUT2D eigenvalue weighted by molar-refractivity contribution is 5.58. The molecule has 0 N–H and O–H groups in total. The van der Waals surface area contributed by atoms with Crippen molar-refractivity contribution < 1.29 is 4.42 Å². The molecule has 76 valence electrons. The summed E-state index contributed by atoms with van der Waals surface area (Å²) in [6.45, 7) is 0. The molecule has 0 fully saturated rings. The predicted octanol–water partition coefficient (Wildman–Crippen LogP) is 1.86. The number of aromatic nitrogens is 3. The number of fused-ring (bicyclic) bond motifs is 1. The first kappa shape index (κ1) is 8.68. The number of nitriles is 1. The summed E-state index contributed by atoms with van der Waals surface area (Å²) in [5.41, 5.74) is 1.52. The number of hydrogen-bond acceptors (Lipinski definition) is 4. The van der Waals surface area contributed by atoms with Crippen molar-refractivity contribution in [3.63, 3.8) is 0 Å². The second-order valence-corrected chi connectivity index (χ2v) is 3.22. The van der Waals surface area contributed by atoms with Crippen LogP contribution < -0.4 is 0 Å². The van der Waals surface area contributed by atoms with Crippen molar-refractivity contribution in [2.75, 3.05) is 0 Å². The summed E-state index contributed by atoms with van der Waals surface area (Å²) in [6, 6.07) is 10.9. The molecule has 0 saturated heterocycles. The van der Waals surface area contributed by atoms with E-state index in [1.807, 2.05) is 24.3 Å². The maximum absolute atomic E-state index is 8.69. The number of nitrogens with zero attached hydrogens (tertiary/aromatic N) is 4. The lowest BCUT2D eigenvalue weighted by Gasteiger charge is -1.99. The Labute approximate surface area is 90.6 Å². The third kappa shape index (κ3) is 1.17. The molecule has 3 rings (SSSR count). The highest BCUT2D eigenvalue weighted by Gasteiger charge is 2.08. The van der Waals surface area contributed by atoms with Gasteiger partial charge in [-0.3, -0.25) is 0 Å². The van der Waals surface area contributed by atoms with E-state index in [4.69, 9.17) is 9.68 Å². The van der Waals surface area contributed by atoms with Gasteiger partial charge in [0.05, 0.1) is 0 Å². The van der Waals surface area contributed by atoms with Crippen LogP contribution in [0.3, 0.4) is 0 Å². The Kier molecular flexibility index (Phi) is 1.74. The van der Waals surface area contributed by atoms with Crippen molar-refractivity contribution in [3.05, 3.63) is 42.4 Å². The van der Waals surface area contributed by atoms with Gasteiger partial charge in [-0.05, 0) is 24.3 Å². The third-order valence-corrected chi connectivity index (χ3v) is 2.27. The van der Waals surface area contributed by atoms with Gasteiger partial charge in [-0.2, -0.15) is 10.4 Å². The number of pyridine rings is 1. The highest BCUT2D eigenvalue weighted by Crippen LogP contribution is 2.21. The van der Waals surface area contributed by atoms with Gasteiger partial charge in [0.15, 0.2) is 11.4 Å². The van der Waals surface area contributed by atoms with Gasteiger partial charge < -0.3 is 4.42 Å². The van der Waals surface area contributed by atoms with Crippen molar-refractivity contribution in [2.24, 2.45) is 0 Å². The minimum Gasteiger partial charge on any atom is -0.444 e. The fraction of sp³-hybridized carbons (Fsp3) is 0. The third-order valence-electron chi connectivity index (χ3n) is 2.27. The van der Waals surface area contributed by atoms with Crippen LogP contribution in [-0.4, -0.2) is 14.6 Å². The lowest BCUT2D eigenvalue weighted by Crippen LogP contribution is -1.91. The van der Waals surface area contributed by atoms with Gasteiger partial charge in [0.25, 0.3) is 0 Å². The zero-order valence-electron chi connectivity index (χ0n) is 8.16. The minimum absolute atomic E-state index is 0.284. The van der Waals surface area contributed by atoms with Crippen molar-refractivity contribution in [3.8, 4) is 17.5 Å². The molecular formula is C11H6N4O. The van der Waals surface area contributed by atoms with E-state index < -0.39 is 0 Å². The van der Waals surface area contributed by atoms with Crippen molar-refractivity contribution >= 4 is 5.65 Å². The van der Waals surface area contributed by atoms with E-state index >= 15 is 0 Å². The highest BCUT2D eigenvalue weighted by atomic mass is 16.3. The van der Waals surface area contributed by atoms with E-state index in [2.05, 4.69) is 10.1 Å². The van der Waals surface area contributed by atoms with Gasteiger partial charge in [0, 0.05) is 0 Å². The summed E-state index contributed by atoms with van der Waals surface area (Å²) in [5, 5.41) is 12.8. The molecule has 0 unspecified atom stereocenters. The summed E-state index contributed by atoms with van der Waals surface area (Å²) >= 11 is 0. The Morgan fingerprint density at radius 1 is 1.25 bits per heavy atom. The largest absolute Gasteiger partial charge is 0.444 e. The lowest BCUT2D eigenvalue weighted by molar-refractivity contribution is 0.563. The standard InChI is InChI=1S/C11H6N4O/c12-6-8-4-5-10(16-8)9-2-1-3-11-13-7-14-15(9)11/h1-5,7H. The summed E-state index contributed by atoms with van der Waals surface area (Å²) in [4.78, 5) is 4.08. The average Bonchev–Trinajstić information content (AvgIpc) is 2.97. The summed E-state index contributed by atoms with van der Waals surface area (Å²) in [7, 11) is 0. The van der Waals surface area contributed by atoms with Crippen LogP contribution in [0.4, 0.5) is 0 Å². The van der Waals surface area contributed by atoms with Gasteiger partial charge in [-0.1, -0.05) is 6.07 Å². The van der Waals surface area contributed by atoms with Crippen LogP contribution in [0.15, 0.2) is 41.1 Å². The molecule has 0 amide bonds. The van der Waals surface area contributed by atoms with E-state index in [1.165, 1.54) is 6.33 Å². The summed E-state index contributed by atoms with van der Waals surface area (Å²) in [5.74, 6) is 0.889. The van der Waals surface area contributed by atoms with Crippen LogP contribution in [0.2, 0.25) is 0 Å². The Balaban J connectivity index is 2.26. The molecule has 0 aliphatic heterocycles. The topological polar surface area (TPSA) is 67.1 Å². The van der Waals surface area contributed by atoms with Crippen LogP contribution in [0.25, 0.3) is 17.1 Å². The summed E-state index contributed by atoms with van der Waals surface area (Å²) in [6.07, 6.45) is 1.48. The van der Waals surface area contributed by atoms with E-state index in [0.717, 1.165) is 11.3 Å². The van der Waals surface area contributed by atoms with Gasteiger partial charge in [0.1, 0.15) is 18.1 Å². The van der Waals surface area contributed by atoms with Crippen molar-refractivity contribution in [2.45, 2.75) is 0 Å². The first-order valence-corrected chi connectivity index (χ1v) is 4.67. The molecule has 5 nitrogen and oxygen atoms in total. The Bertz CT molecular complexity index is 689. The second-order valence-electron chi connectivity index (χ2n) is 3.22. The van der Waals surface area contributed by atoms with Crippen LogP contribution in [0.1, 0.15) is 5.76 Å². The molecule has 0 saturated carbocycles. The average molecular weight is 210 g/mol. The monoisotopic (exact) mass is 210 g/mol. The molecule has 5 heteroatoms. The molecule has 16 heavy (non-hydrogen) atoms. The first-order chi connectivity index (χ1) is 7.88. The fourth-order valence-corrected chi connectivity index (χ4v) is 1.57. The molecule has 3 aromatic rings. The molecule has 0 aliphatic carbocycles. The number of hydrogen-bond donors (Lipinski definition) is 0. The molecule has 3 aromatic heterocycles. The van der Waals surface area contributed by atoms with Crippen LogP contribution >= 0.6 is 0 Å². The Hall–Kier alpha value is -2.61. The van der Waals surface area contributed by atoms with E-state index in [-0.39, 0.29) is 5.76 Å². The van der Waals surface area contributed by atoms with Gasteiger partial charge in [0.2, 0.25) is 5.76 Å². The first-order valence-electron chi connectivity index (χ1n) is 4.67. The molecule has 0 radical (unpaired) electrons. The van der Waals surface area contributed by atoms with Crippen molar-refractivity contribution in [1.82, 2.24) is 14.6 Å². The number of rotatable bonds is 1. The smallest absolute Gasteiger partial charge is 0.204 e. The molecule has 0 aliphatic rings. The zero-order chi connectivity index (χ0) is 11.0. The van der Waals surface area contributed by atoms with Crippen LogP contribution in [-0.2, 0) is 0 Å². The van der Waals surface area contributed by atoms with E-state index in [1.54, 1.807) is 16.6 Å². The number of furan rings is 1. The molecular weight excluding hydrogens is 204 g/mol. The maximum Gasteiger partial charge on any atom is 0.204 e. The molecule has 0 spiro atoms. The minimum atomic E-state index is 0.284. The van der Waals surface area contributed by atoms with Crippen molar-refractivity contribution in [1.29, 1.82) is 5.26 Å². The van der Waals surface area contributed by atoms with E-state index in [0.29, 0.717) is 5.76 Å². The Morgan fingerprint density at radius 3 is 3.00 bits per heavy atom.